The number of carbonyl (C=O) groups is 1. The lowest BCUT2D eigenvalue weighted by Gasteiger charge is -2.16. The predicted octanol–water partition coefficient (Wildman–Crippen LogP) is 3.34. The van der Waals surface area contributed by atoms with E-state index in [1.165, 1.54) is 12.8 Å². The van der Waals surface area contributed by atoms with E-state index in [0.717, 1.165) is 19.3 Å². The fourth-order valence-electron chi connectivity index (χ4n) is 1.49. The average Bonchev–Trinajstić information content (AvgIpc) is 2.38. The van der Waals surface area contributed by atoms with Gasteiger partial charge >= 0.3 is 0 Å². The molecule has 0 radical (unpaired) electrons. The summed E-state index contributed by atoms with van der Waals surface area (Å²) in [5.41, 5.74) is 10.8. The van der Waals surface area contributed by atoms with E-state index in [-0.39, 0.29) is 11.8 Å². The van der Waals surface area contributed by atoms with Crippen LogP contribution in [0.3, 0.4) is 0 Å². The minimum atomic E-state index is -0.698. The van der Waals surface area contributed by atoms with Gasteiger partial charge in [0, 0.05) is 4.91 Å². The SMILES string of the molecule is CCCCCCONC(=O)[C@@H](N=[N+]=[N-])[C@@H](C)CC. The maximum Gasteiger partial charge on any atom is 0.252 e. The number of amides is 1. The Morgan fingerprint density at radius 1 is 1.39 bits per heavy atom. The van der Waals surface area contributed by atoms with E-state index in [4.69, 9.17) is 10.4 Å². The normalized spacial score (nSPS) is 13.5. The number of rotatable bonds is 10. The quantitative estimate of drug-likeness (QED) is 0.213. The lowest BCUT2D eigenvalue weighted by molar-refractivity contribution is -0.136. The zero-order chi connectivity index (χ0) is 13.8. The first kappa shape index (κ1) is 16.7. The van der Waals surface area contributed by atoms with Gasteiger partial charge in [-0.3, -0.25) is 9.63 Å². The van der Waals surface area contributed by atoms with Gasteiger partial charge in [-0.1, -0.05) is 51.6 Å². The van der Waals surface area contributed by atoms with Gasteiger partial charge in [0.2, 0.25) is 0 Å². The topological polar surface area (TPSA) is 87.1 Å². The maximum atomic E-state index is 11.7. The number of hydrogen-bond donors (Lipinski definition) is 1. The second-order valence-electron chi connectivity index (χ2n) is 4.41. The van der Waals surface area contributed by atoms with Gasteiger partial charge in [0.15, 0.2) is 0 Å². The maximum absolute atomic E-state index is 11.7. The van der Waals surface area contributed by atoms with Crippen LogP contribution in [0.2, 0.25) is 0 Å². The van der Waals surface area contributed by atoms with E-state index in [1.807, 2.05) is 13.8 Å². The monoisotopic (exact) mass is 256 g/mol. The van der Waals surface area contributed by atoms with Gasteiger partial charge < -0.3 is 0 Å². The molecule has 0 saturated carbocycles. The van der Waals surface area contributed by atoms with Crippen LogP contribution in [0.25, 0.3) is 10.4 Å². The van der Waals surface area contributed by atoms with Gasteiger partial charge in [0.25, 0.3) is 5.91 Å². The average molecular weight is 256 g/mol. The Labute approximate surface area is 109 Å². The van der Waals surface area contributed by atoms with Crippen molar-refractivity contribution in [3.8, 4) is 0 Å². The van der Waals surface area contributed by atoms with E-state index in [0.29, 0.717) is 6.61 Å². The van der Waals surface area contributed by atoms with E-state index < -0.39 is 6.04 Å². The van der Waals surface area contributed by atoms with Crippen LogP contribution in [0, 0.1) is 5.92 Å². The van der Waals surface area contributed by atoms with Gasteiger partial charge in [-0.2, -0.15) is 0 Å². The minimum Gasteiger partial charge on any atom is -0.274 e. The summed E-state index contributed by atoms with van der Waals surface area (Å²) in [5, 5.41) is 3.51. The van der Waals surface area contributed by atoms with Gasteiger partial charge in [0.1, 0.15) is 6.04 Å². The number of azide groups is 1. The molecule has 0 rings (SSSR count). The van der Waals surface area contributed by atoms with Crippen molar-refractivity contribution in [1.82, 2.24) is 5.48 Å². The van der Waals surface area contributed by atoms with Crippen LogP contribution in [-0.2, 0) is 9.63 Å². The molecule has 0 unspecified atom stereocenters. The molecule has 6 nitrogen and oxygen atoms in total. The van der Waals surface area contributed by atoms with Crippen molar-refractivity contribution in [3.05, 3.63) is 10.4 Å². The Kier molecular flexibility index (Phi) is 10.1. The Bertz CT molecular complexity index is 277. The molecule has 0 bridgehead atoms. The zero-order valence-corrected chi connectivity index (χ0v) is 11.6. The number of hydroxylamine groups is 1. The third-order valence-electron chi connectivity index (χ3n) is 2.90. The predicted molar refractivity (Wildman–Crippen MR) is 70.6 cm³/mol. The number of hydrogen-bond acceptors (Lipinski definition) is 3. The van der Waals surface area contributed by atoms with Crippen molar-refractivity contribution >= 4 is 5.91 Å². The highest BCUT2D eigenvalue weighted by Crippen LogP contribution is 2.11. The standard InChI is InChI=1S/C12H24N4O2/c1-4-6-7-8-9-18-15-12(17)11(14-16-13)10(3)5-2/h10-11H,4-9H2,1-3H3,(H,15,17)/t10-,11-/m0/s1. The first-order chi connectivity index (χ1) is 8.67. The molecule has 0 aromatic carbocycles. The summed E-state index contributed by atoms with van der Waals surface area (Å²) in [6.45, 7) is 6.46. The first-order valence-corrected chi connectivity index (χ1v) is 6.63. The molecule has 0 heterocycles. The largest absolute Gasteiger partial charge is 0.274 e. The summed E-state index contributed by atoms with van der Waals surface area (Å²) in [7, 11) is 0. The lowest BCUT2D eigenvalue weighted by atomic mass is 10.00. The molecule has 0 aliphatic carbocycles. The second kappa shape index (κ2) is 10.9. The Hall–Kier alpha value is -1.26. The Morgan fingerprint density at radius 2 is 2.11 bits per heavy atom. The second-order valence-corrected chi connectivity index (χ2v) is 4.41. The summed E-state index contributed by atoms with van der Waals surface area (Å²) >= 11 is 0. The molecule has 0 aliphatic rings. The van der Waals surface area contributed by atoms with Gasteiger partial charge in [-0.05, 0) is 17.9 Å². The summed E-state index contributed by atoms with van der Waals surface area (Å²) in [6.07, 6.45) is 5.12. The Balaban J connectivity index is 3.93. The zero-order valence-electron chi connectivity index (χ0n) is 11.6. The van der Waals surface area contributed by atoms with Crippen LogP contribution < -0.4 is 5.48 Å². The molecule has 1 amide bonds. The third kappa shape index (κ3) is 7.14. The van der Waals surface area contributed by atoms with Crippen LogP contribution >= 0.6 is 0 Å². The molecule has 0 fully saturated rings. The highest BCUT2D eigenvalue weighted by Gasteiger charge is 2.22. The van der Waals surface area contributed by atoms with Crippen LogP contribution in [0.5, 0.6) is 0 Å². The molecule has 6 heteroatoms. The van der Waals surface area contributed by atoms with E-state index in [1.54, 1.807) is 0 Å². The first-order valence-electron chi connectivity index (χ1n) is 6.63. The molecule has 0 spiro atoms. The van der Waals surface area contributed by atoms with E-state index >= 15 is 0 Å². The van der Waals surface area contributed by atoms with Gasteiger partial charge in [-0.25, -0.2) is 5.48 Å². The van der Waals surface area contributed by atoms with E-state index in [2.05, 4.69) is 22.4 Å². The van der Waals surface area contributed by atoms with Crippen molar-refractivity contribution in [1.29, 1.82) is 0 Å². The number of carbonyl (C=O) groups excluding carboxylic acids is 1. The molecule has 0 aromatic heterocycles. The van der Waals surface area contributed by atoms with Crippen molar-refractivity contribution in [2.75, 3.05) is 6.61 Å². The molecule has 18 heavy (non-hydrogen) atoms. The van der Waals surface area contributed by atoms with Crippen LogP contribution in [0.15, 0.2) is 5.11 Å². The summed E-state index contributed by atoms with van der Waals surface area (Å²) in [4.78, 5) is 19.5. The van der Waals surface area contributed by atoms with Crippen LogP contribution in [0.1, 0.15) is 52.9 Å². The Morgan fingerprint density at radius 3 is 2.67 bits per heavy atom. The van der Waals surface area contributed by atoms with Crippen molar-refractivity contribution in [2.45, 2.75) is 58.9 Å². The highest BCUT2D eigenvalue weighted by molar-refractivity contribution is 5.81. The number of unbranched alkanes of at least 4 members (excludes halogenated alkanes) is 3. The van der Waals surface area contributed by atoms with Crippen molar-refractivity contribution in [2.24, 2.45) is 11.0 Å². The molecule has 0 aliphatic heterocycles. The minimum absolute atomic E-state index is 0.00425. The van der Waals surface area contributed by atoms with Crippen molar-refractivity contribution < 1.29 is 9.63 Å². The molecule has 0 saturated heterocycles. The van der Waals surface area contributed by atoms with Crippen LogP contribution in [0.4, 0.5) is 0 Å². The van der Waals surface area contributed by atoms with Gasteiger partial charge in [0.05, 0.1) is 6.61 Å². The highest BCUT2D eigenvalue weighted by atomic mass is 16.6. The number of nitrogens with one attached hydrogen (secondary N) is 1. The summed E-state index contributed by atoms with van der Waals surface area (Å²) in [5.74, 6) is -0.359. The summed E-state index contributed by atoms with van der Waals surface area (Å²) in [6, 6.07) is -0.698. The van der Waals surface area contributed by atoms with Gasteiger partial charge in [-0.15, -0.1) is 0 Å². The number of nitrogens with zero attached hydrogens (tertiary/aromatic N) is 3. The smallest absolute Gasteiger partial charge is 0.252 e. The molecule has 2 atom stereocenters. The van der Waals surface area contributed by atoms with Crippen molar-refractivity contribution in [3.63, 3.8) is 0 Å². The molecular weight excluding hydrogens is 232 g/mol. The molecule has 1 N–H and O–H groups in total. The lowest BCUT2D eigenvalue weighted by Crippen LogP contribution is -2.37. The molecule has 0 aromatic rings. The molecule has 104 valence electrons. The fraction of sp³-hybridized carbons (Fsp3) is 0.917. The van der Waals surface area contributed by atoms with Crippen LogP contribution in [-0.4, -0.2) is 18.6 Å². The van der Waals surface area contributed by atoms with E-state index in [9.17, 15) is 4.79 Å². The summed E-state index contributed by atoms with van der Waals surface area (Å²) < 4.78 is 0. The molecular formula is C12H24N4O2. The fourth-order valence-corrected chi connectivity index (χ4v) is 1.49. The third-order valence-corrected chi connectivity index (χ3v) is 2.90.